The number of hydrogen-bond donors (Lipinski definition) is 1. The van der Waals surface area contributed by atoms with E-state index in [2.05, 4.69) is 44.0 Å². The summed E-state index contributed by atoms with van der Waals surface area (Å²) < 4.78 is 14.3. The van der Waals surface area contributed by atoms with Crippen LogP contribution in [0.3, 0.4) is 0 Å². The topological polar surface area (TPSA) is 69.7 Å². The molecule has 2 heterocycles. The molecule has 1 N–H and O–H groups in total. The Morgan fingerprint density at radius 2 is 1.73 bits per heavy atom. The number of anilines is 2. The average molecular weight is 448 g/mol. The smallest absolute Gasteiger partial charge is 0.336 e. The number of para-hydroxylation sites is 1. The molecule has 0 saturated carbocycles. The van der Waals surface area contributed by atoms with Crippen LogP contribution in [-0.2, 0) is 9.59 Å². The first-order valence-corrected chi connectivity index (χ1v) is 10.8. The number of carbonyl (C=O) groups excluding carboxylic acids is 3. The lowest BCUT2D eigenvalue weighted by Gasteiger charge is -2.46. The van der Waals surface area contributed by atoms with Crippen molar-refractivity contribution in [3.05, 3.63) is 71.1 Å². The van der Waals surface area contributed by atoms with Crippen molar-refractivity contribution in [2.75, 3.05) is 9.80 Å². The fraction of sp³-hybridized carbons (Fsp3) is 0.269. The molecule has 2 aliphatic rings. The first-order chi connectivity index (χ1) is 15.5. The molecule has 0 aromatic heterocycles. The Balaban J connectivity index is 1.77. The van der Waals surface area contributed by atoms with E-state index in [1.54, 1.807) is 0 Å². The molecule has 0 atom stereocenters. The van der Waals surface area contributed by atoms with Crippen molar-refractivity contribution in [2.24, 2.45) is 0 Å². The zero-order valence-corrected chi connectivity index (χ0v) is 19.3. The van der Waals surface area contributed by atoms with Gasteiger partial charge in [0.25, 0.3) is 11.8 Å². The van der Waals surface area contributed by atoms with Crippen LogP contribution in [-0.4, -0.2) is 29.4 Å². The van der Waals surface area contributed by atoms with Gasteiger partial charge < -0.3 is 4.90 Å². The number of imide groups is 2. The Kier molecular flexibility index (Phi) is 5.44. The fourth-order valence-electron chi connectivity index (χ4n) is 4.78. The third-order valence-corrected chi connectivity index (χ3v) is 5.92. The Morgan fingerprint density at radius 3 is 2.39 bits per heavy atom. The number of carbonyl (C=O) groups is 3. The van der Waals surface area contributed by atoms with Crippen molar-refractivity contribution in [1.29, 1.82) is 0 Å². The summed E-state index contributed by atoms with van der Waals surface area (Å²) >= 11 is 0. The van der Waals surface area contributed by atoms with Crippen molar-refractivity contribution >= 4 is 40.9 Å². The third-order valence-electron chi connectivity index (χ3n) is 5.92. The lowest BCUT2D eigenvalue weighted by molar-refractivity contribution is -0.122. The van der Waals surface area contributed by atoms with Crippen molar-refractivity contribution < 1.29 is 18.8 Å². The molecule has 6 nitrogen and oxygen atoms in total. The average Bonchev–Trinajstić information content (AvgIpc) is 2.71. The van der Waals surface area contributed by atoms with Crippen LogP contribution in [0, 0.1) is 5.82 Å². The molecule has 2 aromatic rings. The minimum absolute atomic E-state index is 0.162. The van der Waals surface area contributed by atoms with Gasteiger partial charge in [-0.1, -0.05) is 24.3 Å². The molecular formula is C26H26FN3O3. The molecule has 4 rings (SSSR count). The molecule has 1 fully saturated rings. The predicted molar refractivity (Wildman–Crippen MR) is 127 cm³/mol. The van der Waals surface area contributed by atoms with Gasteiger partial charge in [-0.2, -0.15) is 0 Å². The quantitative estimate of drug-likeness (QED) is 0.537. The van der Waals surface area contributed by atoms with E-state index in [1.807, 2.05) is 25.1 Å². The maximum Gasteiger partial charge on any atom is 0.336 e. The van der Waals surface area contributed by atoms with E-state index in [0.29, 0.717) is 10.5 Å². The van der Waals surface area contributed by atoms with Gasteiger partial charge in [0.05, 0.1) is 11.2 Å². The maximum absolute atomic E-state index is 14.3. The molecular weight excluding hydrogens is 421 g/mol. The van der Waals surface area contributed by atoms with Crippen molar-refractivity contribution in [2.45, 2.75) is 46.2 Å². The molecule has 0 radical (unpaired) electrons. The summed E-state index contributed by atoms with van der Waals surface area (Å²) in [6.07, 6.45) is 3.63. The first kappa shape index (κ1) is 22.5. The number of allylic oxidation sites excluding steroid dienone is 1. The van der Waals surface area contributed by atoms with Gasteiger partial charge in [0.15, 0.2) is 0 Å². The molecule has 2 aliphatic heterocycles. The van der Waals surface area contributed by atoms with Gasteiger partial charge in [-0.3, -0.25) is 14.9 Å². The lowest BCUT2D eigenvalue weighted by atomic mass is 9.86. The van der Waals surface area contributed by atoms with E-state index in [4.69, 9.17) is 0 Å². The first-order valence-electron chi connectivity index (χ1n) is 10.8. The lowest BCUT2D eigenvalue weighted by Crippen LogP contribution is -2.54. The second-order valence-electron chi connectivity index (χ2n) is 9.13. The molecule has 170 valence electrons. The standard InChI is InChI=1S/C26H26FN3O3/c1-15(2)30-21-11-10-17(12-18(21)16(3)14-26(30,4)5)13-19-23(31)28-25(33)29(24(19)32)22-9-7-6-8-20(22)27/h6-15H,1-5H3,(H,28,31,33)/b19-13+. The van der Waals surface area contributed by atoms with Gasteiger partial charge in [-0.25, -0.2) is 14.1 Å². The summed E-state index contributed by atoms with van der Waals surface area (Å²) in [6.45, 7) is 10.6. The van der Waals surface area contributed by atoms with E-state index >= 15 is 0 Å². The molecule has 4 amide bonds. The zero-order chi connectivity index (χ0) is 24.1. The van der Waals surface area contributed by atoms with Crippen LogP contribution in [0.15, 0.2) is 54.1 Å². The van der Waals surface area contributed by atoms with Crippen molar-refractivity contribution in [3.63, 3.8) is 0 Å². The summed E-state index contributed by atoms with van der Waals surface area (Å²) in [5.41, 5.74) is 3.18. The van der Waals surface area contributed by atoms with Crippen LogP contribution in [0.5, 0.6) is 0 Å². The molecule has 7 heteroatoms. The highest BCUT2D eigenvalue weighted by atomic mass is 19.1. The zero-order valence-electron chi connectivity index (χ0n) is 19.3. The van der Waals surface area contributed by atoms with E-state index in [1.165, 1.54) is 24.3 Å². The normalized spacial score (nSPS) is 19.1. The monoisotopic (exact) mass is 447 g/mol. The van der Waals surface area contributed by atoms with Crippen LogP contribution in [0.25, 0.3) is 11.6 Å². The minimum atomic E-state index is -0.980. The number of benzene rings is 2. The number of rotatable bonds is 3. The highest BCUT2D eigenvalue weighted by molar-refractivity contribution is 6.39. The van der Waals surface area contributed by atoms with Crippen LogP contribution >= 0.6 is 0 Å². The second kappa shape index (κ2) is 7.99. The summed E-state index contributed by atoms with van der Waals surface area (Å²) in [6, 6.07) is 10.4. The van der Waals surface area contributed by atoms with Gasteiger partial charge in [0.1, 0.15) is 11.4 Å². The number of halogens is 1. The SMILES string of the molecule is CC1=CC(C)(C)N(C(C)C)c2ccc(/C=C3\C(=O)NC(=O)N(c4ccccc4F)C3=O)cc21. The molecule has 0 spiro atoms. The van der Waals surface area contributed by atoms with Gasteiger partial charge in [0, 0.05) is 17.3 Å². The van der Waals surface area contributed by atoms with E-state index in [9.17, 15) is 18.8 Å². The number of fused-ring (bicyclic) bond motifs is 1. The van der Waals surface area contributed by atoms with Crippen molar-refractivity contribution in [3.8, 4) is 0 Å². The Morgan fingerprint density at radius 1 is 1.03 bits per heavy atom. The largest absolute Gasteiger partial charge is 0.360 e. The number of urea groups is 1. The summed E-state index contributed by atoms with van der Waals surface area (Å²) in [5.74, 6) is -2.42. The molecule has 0 unspecified atom stereocenters. The molecule has 2 aromatic carbocycles. The molecule has 33 heavy (non-hydrogen) atoms. The Labute approximate surface area is 192 Å². The number of barbiturate groups is 1. The molecule has 1 saturated heterocycles. The minimum Gasteiger partial charge on any atom is -0.360 e. The number of hydrogen-bond acceptors (Lipinski definition) is 4. The second-order valence-corrected chi connectivity index (χ2v) is 9.13. The number of nitrogens with one attached hydrogen (secondary N) is 1. The van der Waals surface area contributed by atoms with Crippen LogP contribution in [0.1, 0.15) is 45.7 Å². The van der Waals surface area contributed by atoms with Gasteiger partial charge in [-0.05, 0) is 76.1 Å². The highest BCUT2D eigenvalue weighted by Crippen LogP contribution is 2.40. The van der Waals surface area contributed by atoms with Crippen LogP contribution in [0.2, 0.25) is 0 Å². The summed E-state index contributed by atoms with van der Waals surface area (Å²) in [5, 5.41) is 2.13. The molecule has 0 bridgehead atoms. The Hall–Kier alpha value is -3.74. The van der Waals surface area contributed by atoms with Crippen molar-refractivity contribution in [1.82, 2.24) is 5.32 Å². The third kappa shape index (κ3) is 3.84. The maximum atomic E-state index is 14.3. The van der Waals surface area contributed by atoms with Gasteiger partial charge in [0.2, 0.25) is 0 Å². The summed E-state index contributed by atoms with van der Waals surface area (Å²) in [4.78, 5) is 40.9. The summed E-state index contributed by atoms with van der Waals surface area (Å²) in [7, 11) is 0. The van der Waals surface area contributed by atoms with E-state index in [0.717, 1.165) is 22.9 Å². The predicted octanol–water partition coefficient (Wildman–Crippen LogP) is 4.90. The van der Waals surface area contributed by atoms with Crippen LogP contribution < -0.4 is 15.1 Å². The van der Waals surface area contributed by atoms with Gasteiger partial charge >= 0.3 is 6.03 Å². The Bertz CT molecular complexity index is 1240. The number of amides is 4. The van der Waals surface area contributed by atoms with Gasteiger partial charge in [-0.15, -0.1) is 0 Å². The highest BCUT2D eigenvalue weighted by Gasteiger charge is 2.38. The molecule has 0 aliphatic carbocycles. The van der Waals surface area contributed by atoms with E-state index < -0.39 is 23.7 Å². The fourth-order valence-corrected chi connectivity index (χ4v) is 4.78. The van der Waals surface area contributed by atoms with E-state index in [-0.39, 0.29) is 22.8 Å². The van der Waals surface area contributed by atoms with Crippen LogP contribution in [0.4, 0.5) is 20.6 Å². The number of nitrogens with zero attached hydrogens (tertiary/aromatic N) is 2.